The molecule has 0 aromatic carbocycles. The van der Waals surface area contributed by atoms with E-state index < -0.39 is 7.40 Å². The normalized spacial score (nSPS) is 11.6. The van der Waals surface area contributed by atoms with E-state index in [1.807, 2.05) is 0 Å². The van der Waals surface area contributed by atoms with Gasteiger partial charge in [-0.25, -0.2) is 9.05 Å². The Morgan fingerprint density at radius 3 is 2.64 bits per heavy atom. The van der Waals surface area contributed by atoms with E-state index in [2.05, 4.69) is 8.93 Å². The summed E-state index contributed by atoms with van der Waals surface area (Å²) in [6.45, 7) is 0. The first-order chi connectivity index (χ1) is 6.61. The predicted molar refractivity (Wildman–Crippen MR) is 58.6 cm³/mol. The molecule has 1 heterocycles. The van der Waals surface area contributed by atoms with Crippen LogP contribution < -0.4 is 0 Å². The Balaban J connectivity index is 2.65. The molecule has 0 amide bonds. The molecule has 0 saturated heterocycles. The molecule has 1 unspecified atom stereocenters. The SMILES string of the molecule is CO[P+](P)(CC(=O)c1ccco1)OC. The van der Waals surface area contributed by atoms with Gasteiger partial charge in [0.15, 0.2) is 11.9 Å². The number of Topliss-reactive ketones (excluding diaryl/α,β-unsaturated/α-hetero) is 1. The second kappa shape index (κ2) is 4.99. The summed E-state index contributed by atoms with van der Waals surface area (Å²) in [5.41, 5.74) is 0. The van der Waals surface area contributed by atoms with Gasteiger partial charge in [0.25, 0.3) is 7.40 Å². The van der Waals surface area contributed by atoms with E-state index in [9.17, 15) is 4.79 Å². The molecule has 0 aliphatic carbocycles. The minimum absolute atomic E-state index is 0.109. The van der Waals surface area contributed by atoms with Crippen molar-refractivity contribution in [2.75, 3.05) is 20.4 Å². The summed E-state index contributed by atoms with van der Waals surface area (Å²) in [7, 11) is 3.40. The molecule has 4 nitrogen and oxygen atoms in total. The van der Waals surface area contributed by atoms with Crippen LogP contribution in [0.15, 0.2) is 22.8 Å². The number of ketones is 1. The van der Waals surface area contributed by atoms with Crippen LogP contribution in [0.2, 0.25) is 0 Å². The molecule has 0 aliphatic heterocycles. The highest BCUT2D eigenvalue weighted by Crippen LogP contribution is 2.67. The first-order valence-corrected chi connectivity index (χ1v) is 7.39. The van der Waals surface area contributed by atoms with Crippen molar-refractivity contribution in [2.24, 2.45) is 0 Å². The molecule has 1 atom stereocenters. The van der Waals surface area contributed by atoms with Gasteiger partial charge in [-0.1, -0.05) is 0 Å². The third-order valence-electron chi connectivity index (χ3n) is 1.78. The lowest BCUT2D eigenvalue weighted by atomic mass is 10.3. The zero-order valence-corrected chi connectivity index (χ0v) is 10.1. The van der Waals surface area contributed by atoms with E-state index in [0.717, 1.165) is 0 Å². The van der Waals surface area contributed by atoms with Crippen molar-refractivity contribution in [2.45, 2.75) is 0 Å². The Bertz CT molecular complexity index is 292. The predicted octanol–water partition coefficient (Wildman–Crippen LogP) is 2.39. The summed E-state index contributed by atoms with van der Waals surface area (Å²) in [5.74, 6) is 0.230. The minimum Gasteiger partial charge on any atom is -0.461 e. The standard InChI is InChI=1S/C8H13O4P2/c1-10-14(13,11-2)6-7(9)8-4-3-5-12-8/h3-5H,6,13H2,1-2H3/q+1. The van der Waals surface area contributed by atoms with Gasteiger partial charge in [0, 0.05) is 0 Å². The first-order valence-electron chi connectivity index (χ1n) is 3.96. The minimum atomic E-state index is -2.12. The van der Waals surface area contributed by atoms with Gasteiger partial charge < -0.3 is 4.42 Å². The molecule has 1 aromatic heterocycles. The van der Waals surface area contributed by atoms with Gasteiger partial charge in [0.2, 0.25) is 5.78 Å². The number of carbonyl (C=O) groups is 1. The highest BCUT2D eigenvalue weighted by molar-refractivity contribution is 8.19. The van der Waals surface area contributed by atoms with Gasteiger partial charge in [-0.15, -0.1) is 0 Å². The second-order valence-corrected chi connectivity index (χ2v) is 7.51. The quantitative estimate of drug-likeness (QED) is 0.580. The molecule has 0 N–H and O–H groups in total. The van der Waals surface area contributed by atoms with Crippen LogP contribution in [0.25, 0.3) is 0 Å². The largest absolute Gasteiger partial charge is 0.461 e. The lowest BCUT2D eigenvalue weighted by Crippen LogP contribution is -2.08. The van der Waals surface area contributed by atoms with E-state index in [1.165, 1.54) is 20.5 Å². The van der Waals surface area contributed by atoms with Crippen LogP contribution in [0.5, 0.6) is 0 Å². The molecular weight excluding hydrogens is 222 g/mol. The van der Waals surface area contributed by atoms with Crippen LogP contribution in [-0.2, 0) is 9.05 Å². The Morgan fingerprint density at radius 2 is 2.21 bits per heavy atom. The number of furan rings is 1. The van der Waals surface area contributed by atoms with E-state index >= 15 is 0 Å². The fourth-order valence-electron chi connectivity index (χ4n) is 0.919. The maximum absolute atomic E-state index is 11.6. The average molecular weight is 235 g/mol. The summed E-state index contributed by atoms with van der Waals surface area (Å²) in [4.78, 5) is 11.6. The molecule has 78 valence electrons. The topological polar surface area (TPSA) is 48.7 Å². The van der Waals surface area contributed by atoms with Crippen molar-refractivity contribution in [1.82, 2.24) is 0 Å². The van der Waals surface area contributed by atoms with Gasteiger partial charge in [0.05, 0.1) is 29.4 Å². The number of hydrogen-bond acceptors (Lipinski definition) is 4. The van der Waals surface area contributed by atoms with Crippen molar-refractivity contribution < 1.29 is 18.3 Å². The Morgan fingerprint density at radius 1 is 1.57 bits per heavy atom. The van der Waals surface area contributed by atoms with Gasteiger partial charge in [0.1, 0.15) is 0 Å². The second-order valence-electron chi connectivity index (χ2n) is 2.65. The summed E-state index contributed by atoms with van der Waals surface area (Å²) in [6.07, 6.45) is 1.67. The van der Waals surface area contributed by atoms with Gasteiger partial charge in [-0.05, 0) is 12.1 Å². The van der Waals surface area contributed by atoms with Crippen molar-refractivity contribution in [3.8, 4) is 0 Å². The number of carbonyl (C=O) groups excluding carboxylic acids is 1. The van der Waals surface area contributed by atoms with Crippen LogP contribution >= 0.6 is 16.3 Å². The molecule has 0 saturated carbocycles. The average Bonchev–Trinajstić information content (AvgIpc) is 2.70. The lowest BCUT2D eigenvalue weighted by Gasteiger charge is -2.13. The molecular formula is C8H13O4P2+. The highest BCUT2D eigenvalue weighted by Gasteiger charge is 2.37. The third kappa shape index (κ3) is 2.86. The summed E-state index contributed by atoms with van der Waals surface area (Å²) >= 11 is 0. The molecule has 14 heavy (non-hydrogen) atoms. The van der Waals surface area contributed by atoms with E-state index in [4.69, 9.17) is 13.5 Å². The molecule has 1 rings (SSSR count). The fourth-order valence-corrected chi connectivity index (χ4v) is 2.38. The van der Waals surface area contributed by atoms with Crippen LogP contribution in [0.1, 0.15) is 10.6 Å². The van der Waals surface area contributed by atoms with Gasteiger partial charge in [-0.3, -0.25) is 4.79 Å². The first kappa shape index (κ1) is 11.8. The molecule has 1 aromatic rings. The van der Waals surface area contributed by atoms with E-state index in [-0.39, 0.29) is 11.9 Å². The maximum atomic E-state index is 11.6. The summed E-state index contributed by atoms with van der Waals surface area (Å²) in [5, 5.41) is 0. The number of rotatable bonds is 5. The van der Waals surface area contributed by atoms with Crippen molar-refractivity contribution in [1.29, 1.82) is 0 Å². The molecule has 0 fully saturated rings. The van der Waals surface area contributed by atoms with Crippen LogP contribution in [0.3, 0.4) is 0 Å². The monoisotopic (exact) mass is 235 g/mol. The van der Waals surface area contributed by atoms with Gasteiger partial charge >= 0.3 is 0 Å². The Hall–Kier alpha value is -0.270. The highest BCUT2D eigenvalue weighted by atomic mass is 32.1. The smallest absolute Gasteiger partial charge is 0.292 e. The summed E-state index contributed by atoms with van der Waals surface area (Å²) in [6, 6.07) is 3.30. The third-order valence-corrected chi connectivity index (χ3v) is 5.55. The molecule has 0 aliphatic rings. The molecule has 6 heteroatoms. The summed E-state index contributed by atoms with van der Waals surface area (Å²) < 4.78 is 15.3. The van der Waals surface area contributed by atoms with E-state index in [0.29, 0.717) is 5.76 Å². The Kier molecular flexibility index (Phi) is 4.21. The Labute approximate surface area is 85.6 Å². The fraction of sp³-hybridized carbons (Fsp3) is 0.375. The van der Waals surface area contributed by atoms with Crippen LogP contribution in [0, 0.1) is 0 Å². The van der Waals surface area contributed by atoms with Crippen LogP contribution in [0.4, 0.5) is 0 Å². The van der Waals surface area contributed by atoms with Gasteiger partial charge in [-0.2, -0.15) is 0 Å². The molecule has 0 spiro atoms. The van der Waals surface area contributed by atoms with Crippen molar-refractivity contribution in [3.63, 3.8) is 0 Å². The van der Waals surface area contributed by atoms with Crippen molar-refractivity contribution >= 4 is 22.1 Å². The maximum Gasteiger partial charge on any atom is 0.292 e. The van der Waals surface area contributed by atoms with Crippen molar-refractivity contribution in [3.05, 3.63) is 24.2 Å². The van der Waals surface area contributed by atoms with Crippen LogP contribution in [-0.4, -0.2) is 26.2 Å². The van der Waals surface area contributed by atoms with E-state index in [1.54, 1.807) is 12.1 Å². The molecule has 0 radical (unpaired) electrons. The number of hydrogen-bond donors (Lipinski definition) is 0. The zero-order chi connectivity index (χ0) is 10.6. The zero-order valence-electron chi connectivity index (χ0n) is 8.10. The lowest BCUT2D eigenvalue weighted by molar-refractivity contribution is 0.0985. The molecule has 0 bridgehead atoms.